The lowest BCUT2D eigenvalue weighted by Gasteiger charge is -2.30. The summed E-state index contributed by atoms with van der Waals surface area (Å²) in [5.41, 5.74) is 5.33. The molecule has 0 aromatic heterocycles. The fourth-order valence-electron chi connectivity index (χ4n) is 2.93. The van der Waals surface area contributed by atoms with E-state index in [0.717, 1.165) is 38.2 Å². The molecule has 6 heteroatoms. The number of rotatable bonds is 3. The number of aliphatic hydroxyl groups is 1. The summed E-state index contributed by atoms with van der Waals surface area (Å²) < 4.78 is 38.6. The Balaban J connectivity index is 2.20. The van der Waals surface area contributed by atoms with Gasteiger partial charge in [-0.1, -0.05) is 36.9 Å². The molecule has 2 atom stereocenters. The van der Waals surface area contributed by atoms with Crippen molar-refractivity contribution >= 4 is 11.6 Å². The van der Waals surface area contributed by atoms with Crippen LogP contribution in [0, 0.1) is 5.92 Å². The van der Waals surface area contributed by atoms with Crippen LogP contribution in [0.15, 0.2) is 18.2 Å². The van der Waals surface area contributed by atoms with Gasteiger partial charge in [0.25, 0.3) is 0 Å². The second-order valence-corrected chi connectivity index (χ2v) is 6.06. The molecule has 0 unspecified atom stereocenters. The zero-order chi connectivity index (χ0) is 15.6. The number of hydrogen-bond acceptors (Lipinski definition) is 2. The van der Waals surface area contributed by atoms with Crippen molar-refractivity contribution in [3.8, 4) is 0 Å². The normalized spacial score (nSPS) is 20.3. The Kier molecular flexibility index (Phi) is 5.17. The average Bonchev–Trinajstić information content (AvgIpc) is 2.46. The number of nitrogens with two attached hydrogens (primary N) is 1. The van der Waals surface area contributed by atoms with Gasteiger partial charge in [-0.25, -0.2) is 0 Å². The Labute approximate surface area is 127 Å². The summed E-state index contributed by atoms with van der Waals surface area (Å²) in [5, 5.41) is 9.96. The standard InChI is InChI=1S/C15H19ClF3NO/c16-12-7-6-10(8-11(12)15(17,18)19)13(20)14(21)9-4-2-1-3-5-9/h6-9,13-14,21H,1-5,20H2/t13-,14+/m1/s1. The second kappa shape index (κ2) is 6.55. The molecule has 1 aromatic rings. The topological polar surface area (TPSA) is 46.2 Å². The lowest BCUT2D eigenvalue weighted by Crippen LogP contribution is -2.34. The summed E-state index contributed by atoms with van der Waals surface area (Å²) in [4.78, 5) is 0. The van der Waals surface area contributed by atoms with Crippen LogP contribution in [0.1, 0.15) is 49.3 Å². The Morgan fingerprint density at radius 1 is 1.19 bits per heavy atom. The Hall–Kier alpha value is -0.780. The molecular weight excluding hydrogens is 303 g/mol. The van der Waals surface area contributed by atoms with E-state index in [1.807, 2.05) is 0 Å². The zero-order valence-electron chi connectivity index (χ0n) is 11.5. The number of benzene rings is 1. The van der Waals surface area contributed by atoms with Crippen molar-refractivity contribution in [2.75, 3.05) is 0 Å². The van der Waals surface area contributed by atoms with Gasteiger partial charge in [-0.05, 0) is 36.5 Å². The van der Waals surface area contributed by atoms with Crippen molar-refractivity contribution in [1.29, 1.82) is 0 Å². The molecule has 0 saturated heterocycles. The summed E-state index contributed by atoms with van der Waals surface area (Å²) in [6, 6.07) is 2.76. The molecule has 1 fully saturated rings. The van der Waals surface area contributed by atoms with E-state index in [1.165, 1.54) is 12.1 Å². The summed E-state index contributed by atoms with van der Waals surface area (Å²) in [5.74, 6) is 0.0544. The summed E-state index contributed by atoms with van der Waals surface area (Å²) in [6.07, 6.45) is -0.414. The molecule has 2 rings (SSSR count). The van der Waals surface area contributed by atoms with Crippen LogP contribution in [0.5, 0.6) is 0 Å². The van der Waals surface area contributed by atoms with E-state index in [0.29, 0.717) is 0 Å². The van der Waals surface area contributed by atoms with Crippen LogP contribution in [0.2, 0.25) is 5.02 Å². The molecule has 1 aliphatic rings. The Morgan fingerprint density at radius 3 is 2.38 bits per heavy atom. The van der Waals surface area contributed by atoms with Crippen molar-refractivity contribution in [2.24, 2.45) is 11.7 Å². The highest BCUT2D eigenvalue weighted by Gasteiger charge is 2.35. The van der Waals surface area contributed by atoms with E-state index in [9.17, 15) is 18.3 Å². The molecule has 0 amide bonds. The largest absolute Gasteiger partial charge is 0.417 e. The second-order valence-electron chi connectivity index (χ2n) is 5.65. The van der Waals surface area contributed by atoms with E-state index in [-0.39, 0.29) is 16.5 Å². The van der Waals surface area contributed by atoms with Crippen molar-refractivity contribution < 1.29 is 18.3 Å². The maximum Gasteiger partial charge on any atom is 0.417 e. The van der Waals surface area contributed by atoms with Crippen LogP contribution in [0.3, 0.4) is 0 Å². The first-order valence-electron chi connectivity index (χ1n) is 7.11. The van der Waals surface area contributed by atoms with Crippen LogP contribution in [-0.2, 0) is 6.18 Å². The molecule has 0 radical (unpaired) electrons. The molecule has 1 aliphatic carbocycles. The lowest BCUT2D eigenvalue weighted by molar-refractivity contribution is -0.137. The lowest BCUT2D eigenvalue weighted by atomic mass is 9.81. The number of alkyl halides is 3. The van der Waals surface area contributed by atoms with E-state index < -0.39 is 23.9 Å². The fourth-order valence-corrected chi connectivity index (χ4v) is 3.16. The van der Waals surface area contributed by atoms with Crippen LogP contribution < -0.4 is 5.73 Å². The summed E-state index contributed by atoms with van der Waals surface area (Å²) in [7, 11) is 0. The van der Waals surface area contributed by atoms with E-state index in [2.05, 4.69) is 0 Å². The maximum absolute atomic E-state index is 12.9. The van der Waals surface area contributed by atoms with Gasteiger partial charge in [-0.15, -0.1) is 0 Å². The monoisotopic (exact) mass is 321 g/mol. The van der Waals surface area contributed by atoms with Crippen molar-refractivity contribution in [3.63, 3.8) is 0 Å². The van der Waals surface area contributed by atoms with Crippen LogP contribution >= 0.6 is 11.6 Å². The van der Waals surface area contributed by atoms with E-state index in [1.54, 1.807) is 0 Å². The molecule has 0 spiro atoms. The molecule has 1 saturated carbocycles. The molecule has 0 bridgehead atoms. The molecular formula is C15H19ClF3NO. The molecule has 21 heavy (non-hydrogen) atoms. The third kappa shape index (κ3) is 3.90. The Morgan fingerprint density at radius 2 is 1.81 bits per heavy atom. The highest BCUT2D eigenvalue weighted by Crippen LogP contribution is 2.37. The van der Waals surface area contributed by atoms with Gasteiger partial charge in [0.2, 0.25) is 0 Å². The maximum atomic E-state index is 12.9. The van der Waals surface area contributed by atoms with E-state index in [4.69, 9.17) is 17.3 Å². The third-order valence-corrected chi connectivity index (χ3v) is 4.51. The van der Waals surface area contributed by atoms with Crippen LogP contribution in [-0.4, -0.2) is 11.2 Å². The number of halogens is 4. The van der Waals surface area contributed by atoms with Gasteiger partial charge in [0.05, 0.1) is 22.7 Å². The molecule has 3 N–H and O–H groups in total. The highest BCUT2D eigenvalue weighted by atomic mass is 35.5. The molecule has 0 heterocycles. The highest BCUT2D eigenvalue weighted by molar-refractivity contribution is 6.31. The first kappa shape index (κ1) is 16.6. The van der Waals surface area contributed by atoms with Gasteiger partial charge < -0.3 is 10.8 Å². The first-order valence-corrected chi connectivity index (χ1v) is 7.49. The van der Waals surface area contributed by atoms with Crippen LogP contribution in [0.4, 0.5) is 13.2 Å². The molecule has 118 valence electrons. The third-order valence-electron chi connectivity index (χ3n) is 4.18. The van der Waals surface area contributed by atoms with Gasteiger partial charge in [0.1, 0.15) is 0 Å². The molecule has 1 aromatic carbocycles. The predicted molar refractivity (Wildman–Crippen MR) is 76.0 cm³/mol. The SMILES string of the molecule is N[C@H](c1ccc(Cl)c(C(F)(F)F)c1)[C@@H](O)C1CCCCC1. The van der Waals surface area contributed by atoms with Gasteiger partial charge in [-0.3, -0.25) is 0 Å². The zero-order valence-corrected chi connectivity index (χ0v) is 12.3. The number of hydrogen-bond donors (Lipinski definition) is 2. The Bertz CT molecular complexity index is 486. The molecule has 0 aliphatic heterocycles. The van der Waals surface area contributed by atoms with Crippen LogP contribution in [0.25, 0.3) is 0 Å². The average molecular weight is 322 g/mol. The van der Waals surface area contributed by atoms with Crippen molar-refractivity contribution in [3.05, 3.63) is 34.3 Å². The smallest absolute Gasteiger partial charge is 0.391 e. The quantitative estimate of drug-likeness (QED) is 0.872. The minimum absolute atomic E-state index is 0.0544. The fraction of sp³-hybridized carbons (Fsp3) is 0.600. The summed E-state index contributed by atoms with van der Waals surface area (Å²) >= 11 is 5.59. The minimum Gasteiger partial charge on any atom is -0.391 e. The molecule has 2 nitrogen and oxygen atoms in total. The number of aliphatic hydroxyl groups excluding tert-OH is 1. The van der Waals surface area contributed by atoms with Gasteiger partial charge >= 0.3 is 6.18 Å². The predicted octanol–water partition coefficient (Wildman–Crippen LogP) is 4.30. The van der Waals surface area contributed by atoms with Crippen molar-refractivity contribution in [1.82, 2.24) is 0 Å². The first-order chi connectivity index (χ1) is 9.80. The van der Waals surface area contributed by atoms with E-state index >= 15 is 0 Å². The summed E-state index contributed by atoms with van der Waals surface area (Å²) in [6.45, 7) is 0. The minimum atomic E-state index is -4.53. The van der Waals surface area contributed by atoms with Gasteiger partial charge in [-0.2, -0.15) is 13.2 Å². The van der Waals surface area contributed by atoms with Gasteiger partial charge in [0, 0.05) is 0 Å². The van der Waals surface area contributed by atoms with Crippen molar-refractivity contribution in [2.45, 2.75) is 50.4 Å². The van der Waals surface area contributed by atoms with Gasteiger partial charge in [0.15, 0.2) is 0 Å².